The number of nitrogen functional groups attached to an aromatic ring is 1. The Labute approximate surface area is 114 Å². The zero-order valence-corrected chi connectivity index (χ0v) is 12.1. The van der Waals surface area contributed by atoms with Crippen LogP contribution in [-0.4, -0.2) is 9.97 Å². The van der Waals surface area contributed by atoms with Crippen LogP contribution in [0, 0.1) is 20.8 Å². The van der Waals surface area contributed by atoms with Gasteiger partial charge in [0.25, 0.3) is 0 Å². The van der Waals surface area contributed by atoms with Crippen molar-refractivity contribution in [2.75, 3.05) is 5.73 Å². The van der Waals surface area contributed by atoms with Gasteiger partial charge in [0.2, 0.25) is 5.88 Å². The minimum atomic E-state index is 0.445. The van der Waals surface area contributed by atoms with Gasteiger partial charge in [-0.2, -0.15) is 4.98 Å². The molecule has 0 spiro atoms. The van der Waals surface area contributed by atoms with Crippen LogP contribution in [0.5, 0.6) is 11.6 Å². The van der Waals surface area contributed by atoms with E-state index in [1.807, 2.05) is 32.0 Å². The number of nitrogens with zero attached hydrogens (tertiary/aromatic N) is 2. The smallest absolute Gasteiger partial charge is 0.227 e. The molecule has 94 valence electrons. The standard InChI is InChI=1S/C13H14BrN3O/c1-7-4-5-11(10(14)6-7)18-13-8(2)12(15)16-9(3)17-13/h4-6H,1-3H3,(H2,15,16,17). The van der Waals surface area contributed by atoms with Crippen LogP contribution in [0.4, 0.5) is 5.82 Å². The number of hydrogen-bond acceptors (Lipinski definition) is 4. The van der Waals surface area contributed by atoms with E-state index in [-0.39, 0.29) is 0 Å². The lowest BCUT2D eigenvalue weighted by molar-refractivity contribution is 0.453. The molecule has 0 radical (unpaired) electrons. The van der Waals surface area contributed by atoms with Crippen LogP contribution >= 0.6 is 15.9 Å². The Morgan fingerprint density at radius 1 is 1.17 bits per heavy atom. The minimum Gasteiger partial charge on any atom is -0.437 e. The average molecular weight is 308 g/mol. The molecule has 1 heterocycles. The molecule has 0 saturated heterocycles. The van der Waals surface area contributed by atoms with Crippen molar-refractivity contribution in [3.05, 3.63) is 39.6 Å². The molecule has 0 aliphatic rings. The number of hydrogen-bond donors (Lipinski definition) is 1. The number of ether oxygens (including phenoxy) is 1. The molecule has 0 aliphatic carbocycles. The SMILES string of the molecule is Cc1ccc(Oc2nc(C)nc(N)c2C)c(Br)c1. The quantitative estimate of drug-likeness (QED) is 0.922. The summed E-state index contributed by atoms with van der Waals surface area (Å²) in [5, 5.41) is 0. The number of anilines is 1. The van der Waals surface area contributed by atoms with Gasteiger partial charge in [0, 0.05) is 0 Å². The third-order valence-electron chi connectivity index (χ3n) is 2.54. The molecule has 1 aromatic carbocycles. The maximum absolute atomic E-state index is 5.79. The van der Waals surface area contributed by atoms with E-state index in [2.05, 4.69) is 25.9 Å². The Kier molecular flexibility index (Phi) is 3.52. The van der Waals surface area contributed by atoms with Crippen molar-refractivity contribution in [2.24, 2.45) is 0 Å². The summed E-state index contributed by atoms with van der Waals surface area (Å²) >= 11 is 3.47. The number of rotatable bonds is 2. The van der Waals surface area contributed by atoms with Crippen molar-refractivity contribution in [1.82, 2.24) is 9.97 Å². The van der Waals surface area contributed by atoms with Gasteiger partial charge in [0.15, 0.2) is 0 Å². The summed E-state index contributed by atoms with van der Waals surface area (Å²) in [6, 6.07) is 5.86. The second-order valence-corrected chi connectivity index (χ2v) is 4.98. The van der Waals surface area contributed by atoms with Gasteiger partial charge in [-0.3, -0.25) is 0 Å². The largest absolute Gasteiger partial charge is 0.437 e. The molecular formula is C13H14BrN3O. The predicted octanol–water partition coefficient (Wildman–Crippen LogP) is 3.54. The lowest BCUT2D eigenvalue weighted by Crippen LogP contribution is -2.02. The van der Waals surface area contributed by atoms with E-state index in [4.69, 9.17) is 10.5 Å². The van der Waals surface area contributed by atoms with E-state index < -0.39 is 0 Å². The first-order valence-electron chi connectivity index (χ1n) is 5.52. The maximum atomic E-state index is 5.79. The Bertz CT molecular complexity index is 599. The van der Waals surface area contributed by atoms with E-state index in [0.717, 1.165) is 15.6 Å². The van der Waals surface area contributed by atoms with Crippen molar-refractivity contribution < 1.29 is 4.74 Å². The topological polar surface area (TPSA) is 61.0 Å². The molecule has 0 saturated carbocycles. The van der Waals surface area contributed by atoms with Crippen LogP contribution < -0.4 is 10.5 Å². The van der Waals surface area contributed by atoms with Crippen molar-refractivity contribution in [3.63, 3.8) is 0 Å². The minimum absolute atomic E-state index is 0.445. The van der Waals surface area contributed by atoms with Gasteiger partial charge in [0.1, 0.15) is 17.4 Å². The van der Waals surface area contributed by atoms with Gasteiger partial charge >= 0.3 is 0 Å². The normalized spacial score (nSPS) is 10.4. The Balaban J connectivity index is 2.40. The Morgan fingerprint density at radius 2 is 1.89 bits per heavy atom. The molecule has 1 aromatic heterocycles. The van der Waals surface area contributed by atoms with E-state index >= 15 is 0 Å². The fourth-order valence-corrected chi connectivity index (χ4v) is 2.09. The van der Waals surface area contributed by atoms with Crippen molar-refractivity contribution in [2.45, 2.75) is 20.8 Å². The van der Waals surface area contributed by atoms with Gasteiger partial charge in [-0.15, -0.1) is 0 Å². The summed E-state index contributed by atoms with van der Waals surface area (Å²) in [6.07, 6.45) is 0. The summed E-state index contributed by atoms with van der Waals surface area (Å²) in [6.45, 7) is 5.64. The van der Waals surface area contributed by atoms with Gasteiger partial charge in [0.05, 0.1) is 10.0 Å². The molecule has 0 fully saturated rings. The van der Waals surface area contributed by atoms with Gasteiger partial charge in [-0.1, -0.05) is 6.07 Å². The van der Waals surface area contributed by atoms with Crippen LogP contribution in [0.3, 0.4) is 0 Å². The number of aryl methyl sites for hydroxylation is 2. The molecule has 5 heteroatoms. The zero-order valence-electron chi connectivity index (χ0n) is 10.5. The molecular weight excluding hydrogens is 294 g/mol. The molecule has 18 heavy (non-hydrogen) atoms. The highest BCUT2D eigenvalue weighted by atomic mass is 79.9. The van der Waals surface area contributed by atoms with Crippen LogP contribution in [0.2, 0.25) is 0 Å². The second-order valence-electron chi connectivity index (χ2n) is 4.12. The highest BCUT2D eigenvalue weighted by Gasteiger charge is 2.10. The molecule has 2 rings (SSSR count). The first kappa shape index (κ1) is 12.8. The highest BCUT2D eigenvalue weighted by Crippen LogP contribution is 2.31. The van der Waals surface area contributed by atoms with E-state index in [1.165, 1.54) is 0 Å². The second kappa shape index (κ2) is 4.94. The third kappa shape index (κ3) is 2.61. The zero-order chi connectivity index (χ0) is 13.3. The molecule has 2 N–H and O–H groups in total. The lowest BCUT2D eigenvalue weighted by atomic mass is 10.2. The maximum Gasteiger partial charge on any atom is 0.227 e. The molecule has 0 bridgehead atoms. The summed E-state index contributed by atoms with van der Waals surface area (Å²) in [4.78, 5) is 8.35. The predicted molar refractivity (Wildman–Crippen MR) is 74.9 cm³/mol. The number of benzene rings is 1. The van der Waals surface area contributed by atoms with E-state index in [0.29, 0.717) is 23.3 Å². The highest BCUT2D eigenvalue weighted by molar-refractivity contribution is 9.10. The van der Waals surface area contributed by atoms with Gasteiger partial charge in [-0.05, 0) is 54.4 Å². The molecule has 4 nitrogen and oxygen atoms in total. The first-order valence-corrected chi connectivity index (χ1v) is 6.31. The van der Waals surface area contributed by atoms with E-state index in [9.17, 15) is 0 Å². The van der Waals surface area contributed by atoms with Crippen LogP contribution in [-0.2, 0) is 0 Å². The summed E-state index contributed by atoms with van der Waals surface area (Å²) in [7, 11) is 0. The molecule has 0 unspecified atom stereocenters. The number of halogens is 1. The van der Waals surface area contributed by atoms with Gasteiger partial charge < -0.3 is 10.5 Å². The van der Waals surface area contributed by atoms with Crippen molar-refractivity contribution >= 4 is 21.7 Å². The fraction of sp³-hybridized carbons (Fsp3) is 0.231. The molecule has 0 aliphatic heterocycles. The number of nitrogens with two attached hydrogens (primary N) is 1. The molecule has 0 atom stereocenters. The van der Waals surface area contributed by atoms with Crippen LogP contribution in [0.1, 0.15) is 17.0 Å². The van der Waals surface area contributed by atoms with Crippen LogP contribution in [0.25, 0.3) is 0 Å². The lowest BCUT2D eigenvalue weighted by Gasteiger charge is -2.11. The first-order chi connectivity index (χ1) is 8.47. The summed E-state index contributed by atoms with van der Waals surface area (Å²) in [5.41, 5.74) is 7.69. The van der Waals surface area contributed by atoms with Crippen molar-refractivity contribution in [3.8, 4) is 11.6 Å². The van der Waals surface area contributed by atoms with E-state index in [1.54, 1.807) is 6.92 Å². The average Bonchev–Trinajstić information content (AvgIpc) is 2.29. The molecule has 2 aromatic rings. The Morgan fingerprint density at radius 3 is 2.56 bits per heavy atom. The number of aromatic nitrogens is 2. The fourth-order valence-electron chi connectivity index (χ4n) is 1.52. The monoisotopic (exact) mass is 307 g/mol. The van der Waals surface area contributed by atoms with Crippen molar-refractivity contribution in [1.29, 1.82) is 0 Å². The molecule has 0 amide bonds. The summed E-state index contributed by atoms with van der Waals surface area (Å²) < 4.78 is 6.66. The van der Waals surface area contributed by atoms with Crippen LogP contribution in [0.15, 0.2) is 22.7 Å². The third-order valence-corrected chi connectivity index (χ3v) is 3.16. The van der Waals surface area contributed by atoms with Gasteiger partial charge in [-0.25, -0.2) is 4.98 Å². The Hall–Kier alpha value is -1.62. The summed E-state index contributed by atoms with van der Waals surface area (Å²) in [5.74, 6) is 2.24.